The number of carbonyl (C=O) groups excluding carboxylic acids is 1. The molecule has 3 saturated heterocycles. The average molecular weight is 444 g/mol. The van der Waals surface area contributed by atoms with Crippen LogP contribution in [0.15, 0.2) is 18.3 Å². The number of piperazine rings is 1. The molecule has 0 unspecified atom stereocenters. The molecule has 1 aromatic heterocycles. The van der Waals surface area contributed by atoms with Crippen LogP contribution in [-0.2, 0) is 4.74 Å². The zero-order valence-corrected chi connectivity index (χ0v) is 19.3. The predicted molar refractivity (Wildman–Crippen MR) is 124 cm³/mol. The van der Waals surface area contributed by atoms with Gasteiger partial charge >= 0.3 is 6.09 Å². The molecule has 0 radical (unpaired) electrons. The van der Waals surface area contributed by atoms with Crippen LogP contribution >= 0.6 is 0 Å². The number of hydrogen-bond donors (Lipinski definition) is 1. The fourth-order valence-corrected chi connectivity index (χ4v) is 6.17. The SMILES string of the molecule is CCOC(=O)N1CC2(CC[C@@H](N3CCN(c4ncccc4N4CCC(O)CC4)CC3)C2)C1. The van der Waals surface area contributed by atoms with Crippen molar-refractivity contribution in [3.8, 4) is 0 Å². The molecular weight excluding hydrogens is 406 g/mol. The third-order valence-electron chi connectivity index (χ3n) is 7.96. The van der Waals surface area contributed by atoms with Crippen LogP contribution in [0, 0.1) is 5.41 Å². The quantitative estimate of drug-likeness (QED) is 0.765. The minimum atomic E-state index is -0.162. The molecule has 1 aromatic rings. The molecule has 3 aliphatic heterocycles. The van der Waals surface area contributed by atoms with Crippen molar-refractivity contribution in [1.82, 2.24) is 14.8 Å². The highest BCUT2D eigenvalue weighted by molar-refractivity contribution is 5.69. The summed E-state index contributed by atoms with van der Waals surface area (Å²) in [5.74, 6) is 1.09. The van der Waals surface area contributed by atoms with Crippen molar-refractivity contribution >= 4 is 17.6 Å². The van der Waals surface area contributed by atoms with E-state index in [-0.39, 0.29) is 12.2 Å². The van der Waals surface area contributed by atoms with Gasteiger partial charge in [-0.15, -0.1) is 0 Å². The van der Waals surface area contributed by atoms with Gasteiger partial charge in [0, 0.05) is 70.0 Å². The second kappa shape index (κ2) is 9.06. The number of piperidine rings is 1. The number of likely N-dealkylation sites (tertiary alicyclic amines) is 1. The molecule has 8 heteroatoms. The maximum Gasteiger partial charge on any atom is 0.409 e. The van der Waals surface area contributed by atoms with E-state index in [0.29, 0.717) is 18.1 Å². The topological polar surface area (TPSA) is 72.4 Å². The molecule has 4 aliphatic rings. The average Bonchev–Trinajstić information content (AvgIpc) is 3.25. The van der Waals surface area contributed by atoms with Crippen LogP contribution in [-0.4, -0.2) is 97.1 Å². The molecule has 0 aromatic carbocycles. The Morgan fingerprint density at radius 2 is 1.88 bits per heavy atom. The second-order valence-electron chi connectivity index (χ2n) is 10.0. The third-order valence-corrected chi connectivity index (χ3v) is 7.96. The van der Waals surface area contributed by atoms with Gasteiger partial charge in [0.1, 0.15) is 0 Å². The molecule has 176 valence electrons. The van der Waals surface area contributed by atoms with Crippen molar-refractivity contribution in [1.29, 1.82) is 0 Å². The van der Waals surface area contributed by atoms with Gasteiger partial charge in [-0.2, -0.15) is 0 Å². The lowest BCUT2D eigenvalue weighted by Crippen LogP contribution is -2.58. The first-order valence-electron chi connectivity index (χ1n) is 12.4. The summed E-state index contributed by atoms with van der Waals surface area (Å²) in [5, 5.41) is 9.87. The maximum absolute atomic E-state index is 11.9. The minimum Gasteiger partial charge on any atom is -0.450 e. The van der Waals surface area contributed by atoms with E-state index >= 15 is 0 Å². The summed E-state index contributed by atoms with van der Waals surface area (Å²) in [6, 6.07) is 4.84. The van der Waals surface area contributed by atoms with E-state index in [1.807, 2.05) is 24.1 Å². The van der Waals surface area contributed by atoms with E-state index in [9.17, 15) is 9.90 Å². The smallest absolute Gasteiger partial charge is 0.409 e. The highest BCUT2D eigenvalue weighted by Crippen LogP contribution is 2.47. The number of amides is 1. The monoisotopic (exact) mass is 443 g/mol. The summed E-state index contributed by atoms with van der Waals surface area (Å²) in [4.78, 5) is 26.1. The lowest BCUT2D eigenvalue weighted by atomic mass is 9.78. The summed E-state index contributed by atoms with van der Waals surface area (Å²) in [7, 11) is 0. The van der Waals surface area contributed by atoms with Gasteiger partial charge < -0.3 is 24.5 Å². The van der Waals surface area contributed by atoms with Gasteiger partial charge in [-0.3, -0.25) is 4.90 Å². The van der Waals surface area contributed by atoms with Crippen molar-refractivity contribution < 1.29 is 14.6 Å². The minimum absolute atomic E-state index is 0.149. The van der Waals surface area contributed by atoms with Crippen molar-refractivity contribution in [3.05, 3.63) is 18.3 Å². The van der Waals surface area contributed by atoms with Gasteiger partial charge in [0.15, 0.2) is 5.82 Å². The lowest BCUT2D eigenvalue weighted by molar-refractivity contribution is -0.00294. The molecule has 1 amide bonds. The van der Waals surface area contributed by atoms with Crippen LogP contribution in [0.2, 0.25) is 0 Å². The second-order valence-corrected chi connectivity index (χ2v) is 10.0. The zero-order valence-electron chi connectivity index (χ0n) is 19.3. The Hall–Kier alpha value is -2.06. The van der Waals surface area contributed by atoms with Gasteiger partial charge in [0.25, 0.3) is 0 Å². The number of rotatable bonds is 4. The molecule has 1 N–H and O–H groups in total. The zero-order chi connectivity index (χ0) is 22.1. The van der Waals surface area contributed by atoms with Gasteiger partial charge in [0.2, 0.25) is 0 Å². The maximum atomic E-state index is 11.9. The normalized spacial score (nSPS) is 26.4. The fourth-order valence-electron chi connectivity index (χ4n) is 6.17. The Balaban J connectivity index is 1.15. The van der Waals surface area contributed by atoms with Crippen molar-refractivity contribution in [3.63, 3.8) is 0 Å². The summed E-state index contributed by atoms with van der Waals surface area (Å²) in [5.41, 5.74) is 1.53. The van der Waals surface area contributed by atoms with E-state index in [1.165, 1.54) is 24.9 Å². The van der Waals surface area contributed by atoms with E-state index in [0.717, 1.165) is 71.0 Å². The highest BCUT2D eigenvalue weighted by atomic mass is 16.6. The lowest BCUT2D eigenvalue weighted by Gasteiger charge is -2.48. The van der Waals surface area contributed by atoms with Gasteiger partial charge in [0.05, 0.1) is 18.4 Å². The van der Waals surface area contributed by atoms with Crippen molar-refractivity contribution in [2.45, 2.75) is 51.2 Å². The Labute approximate surface area is 191 Å². The molecule has 5 rings (SSSR count). The molecule has 1 aliphatic carbocycles. The molecule has 1 saturated carbocycles. The fraction of sp³-hybridized carbons (Fsp3) is 0.750. The summed E-state index contributed by atoms with van der Waals surface area (Å²) in [6.45, 7) is 9.97. The first-order valence-corrected chi connectivity index (χ1v) is 12.4. The van der Waals surface area contributed by atoms with Crippen LogP contribution in [0.5, 0.6) is 0 Å². The molecule has 1 spiro atoms. The number of aromatic nitrogens is 1. The molecule has 4 fully saturated rings. The van der Waals surface area contributed by atoms with E-state index < -0.39 is 0 Å². The van der Waals surface area contributed by atoms with E-state index in [4.69, 9.17) is 9.72 Å². The highest BCUT2D eigenvalue weighted by Gasteiger charge is 2.51. The molecule has 1 atom stereocenters. The molecule has 4 heterocycles. The van der Waals surface area contributed by atoms with Crippen LogP contribution < -0.4 is 9.80 Å². The summed E-state index contributed by atoms with van der Waals surface area (Å²) < 4.78 is 5.15. The van der Waals surface area contributed by atoms with Crippen molar-refractivity contribution in [2.24, 2.45) is 5.41 Å². The van der Waals surface area contributed by atoms with Crippen LogP contribution in [0.25, 0.3) is 0 Å². The Bertz CT molecular complexity index is 799. The first-order chi connectivity index (χ1) is 15.6. The summed E-state index contributed by atoms with van der Waals surface area (Å²) >= 11 is 0. The Morgan fingerprint density at radius 1 is 1.12 bits per heavy atom. The Kier molecular flexibility index (Phi) is 6.16. The third kappa shape index (κ3) is 4.27. The standard InChI is InChI=1S/C24H37N5O3/c1-2-32-23(31)29-17-24(18-29)8-5-19(16-24)26-12-14-28(15-13-26)22-21(4-3-9-25-22)27-10-6-20(30)7-11-27/h3-4,9,19-20,30H,2,5-8,10-18H2,1H3/t19-/m1/s1. The predicted octanol–water partition coefficient (Wildman–Crippen LogP) is 2.18. The van der Waals surface area contributed by atoms with Gasteiger partial charge in [-0.05, 0) is 51.2 Å². The van der Waals surface area contributed by atoms with Gasteiger partial charge in [-0.25, -0.2) is 9.78 Å². The number of ether oxygens (including phenoxy) is 1. The van der Waals surface area contributed by atoms with Gasteiger partial charge in [-0.1, -0.05) is 0 Å². The number of hydrogen-bond acceptors (Lipinski definition) is 7. The number of aliphatic hydroxyl groups is 1. The molecule has 0 bridgehead atoms. The van der Waals surface area contributed by atoms with Crippen LogP contribution in [0.3, 0.4) is 0 Å². The Morgan fingerprint density at radius 3 is 2.59 bits per heavy atom. The largest absolute Gasteiger partial charge is 0.450 e. The molecule has 8 nitrogen and oxygen atoms in total. The van der Waals surface area contributed by atoms with E-state index in [1.54, 1.807) is 0 Å². The first kappa shape index (κ1) is 21.8. The number of pyridine rings is 1. The number of aliphatic hydroxyl groups excluding tert-OH is 1. The van der Waals surface area contributed by atoms with Crippen LogP contribution in [0.4, 0.5) is 16.3 Å². The van der Waals surface area contributed by atoms with E-state index in [2.05, 4.69) is 20.8 Å². The number of carbonyl (C=O) groups is 1. The summed E-state index contributed by atoms with van der Waals surface area (Å²) in [6.07, 6.45) is 6.91. The molecule has 32 heavy (non-hydrogen) atoms. The molecular formula is C24H37N5O3. The van der Waals surface area contributed by atoms with Crippen LogP contribution in [0.1, 0.15) is 39.0 Å². The number of nitrogens with zero attached hydrogens (tertiary/aromatic N) is 5. The number of anilines is 2. The van der Waals surface area contributed by atoms with Crippen molar-refractivity contribution in [2.75, 3.05) is 68.8 Å².